The molecular formula is C18H14F3NO7S3. The van der Waals surface area contributed by atoms with E-state index in [-0.39, 0.29) is 5.56 Å². The van der Waals surface area contributed by atoms with Gasteiger partial charge in [-0.25, -0.2) is 8.42 Å². The molecular weight excluding hydrogens is 495 g/mol. The third-order valence-corrected chi connectivity index (χ3v) is 7.31. The van der Waals surface area contributed by atoms with Crippen molar-refractivity contribution in [1.29, 1.82) is 0 Å². The van der Waals surface area contributed by atoms with E-state index < -0.39 is 49.2 Å². The van der Waals surface area contributed by atoms with Crippen LogP contribution in [0.15, 0.2) is 53.9 Å². The van der Waals surface area contributed by atoms with Crippen molar-refractivity contribution in [2.24, 2.45) is 0 Å². The van der Waals surface area contributed by atoms with Gasteiger partial charge in [-0.3, -0.25) is 4.79 Å². The molecule has 3 rings (SSSR count). The Bertz CT molecular complexity index is 1350. The van der Waals surface area contributed by atoms with Crippen LogP contribution in [-0.2, 0) is 30.7 Å². The van der Waals surface area contributed by atoms with Crippen LogP contribution >= 0.6 is 11.3 Å². The van der Waals surface area contributed by atoms with Gasteiger partial charge in [0.2, 0.25) is 10.0 Å². The van der Waals surface area contributed by atoms with E-state index in [4.69, 9.17) is 0 Å². The topological polar surface area (TPSA) is 127 Å². The zero-order valence-electron chi connectivity index (χ0n) is 15.7. The quantitative estimate of drug-likeness (QED) is 0.352. The van der Waals surface area contributed by atoms with Crippen molar-refractivity contribution in [3.63, 3.8) is 0 Å². The van der Waals surface area contributed by atoms with Crippen molar-refractivity contribution in [2.75, 3.05) is 0 Å². The van der Waals surface area contributed by atoms with E-state index >= 15 is 0 Å². The van der Waals surface area contributed by atoms with E-state index in [1.165, 1.54) is 11.3 Å². The monoisotopic (exact) mass is 509 g/mol. The fourth-order valence-electron chi connectivity index (χ4n) is 2.70. The maximum atomic E-state index is 12.5. The highest BCUT2D eigenvalue weighted by atomic mass is 32.2. The van der Waals surface area contributed by atoms with Crippen LogP contribution in [0.3, 0.4) is 0 Å². The fraction of sp³-hybridized carbons (Fsp3) is 0.167. The molecule has 0 amide bonds. The predicted octanol–water partition coefficient (Wildman–Crippen LogP) is 3.38. The standard InChI is InChI=1S/C18H14F3NO7S3/c19-18(20,21)32(27,28)29-14-4-2-12(3-5-14)16(17(23)24)22-31(25,26)10-11-1-6-15-13(9-11)7-8-30-15/h1-9,16,22H,10H2,(H,23,24)/t16-/m1/s1. The zero-order valence-corrected chi connectivity index (χ0v) is 18.2. The van der Waals surface area contributed by atoms with Crippen LogP contribution < -0.4 is 8.91 Å². The van der Waals surface area contributed by atoms with E-state index in [1.807, 2.05) is 16.2 Å². The van der Waals surface area contributed by atoms with Crippen LogP contribution in [-0.4, -0.2) is 33.4 Å². The number of aliphatic carboxylic acids is 1. The SMILES string of the molecule is O=C(O)[C@H](NS(=O)(=O)Cc1ccc2sccc2c1)c1ccc(OS(=O)(=O)C(F)(F)F)cc1. The zero-order chi connectivity index (χ0) is 23.7. The van der Waals surface area contributed by atoms with E-state index in [2.05, 4.69) is 4.18 Å². The molecule has 8 nitrogen and oxygen atoms in total. The third-order valence-electron chi connectivity index (χ3n) is 4.12. The molecule has 172 valence electrons. The Morgan fingerprint density at radius 2 is 1.72 bits per heavy atom. The minimum atomic E-state index is -5.90. The highest BCUT2D eigenvalue weighted by molar-refractivity contribution is 7.88. The number of sulfonamides is 1. The summed E-state index contributed by atoms with van der Waals surface area (Å²) in [5, 5.41) is 12.1. The van der Waals surface area contributed by atoms with Crippen molar-refractivity contribution in [2.45, 2.75) is 17.3 Å². The van der Waals surface area contributed by atoms with Crippen LogP contribution in [0.2, 0.25) is 0 Å². The first kappa shape index (κ1) is 24.0. The van der Waals surface area contributed by atoms with Crippen molar-refractivity contribution in [3.05, 3.63) is 65.0 Å². The van der Waals surface area contributed by atoms with E-state index in [1.54, 1.807) is 18.2 Å². The molecule has 1 atom stereocenters. The second kappa shape index (κ2) is 8.69. The summed E-state index contributed by atoms with van der Waals surface area (Å²) < 4.78 is 91.2. The molecule has 0 radical (unpaired) electrons. The Kier molecular flexibility index (Phi) is 6.51. The summed E-state index contributed by atoms with van der Waals surface area (Å²) >= 11 is 1.48. The van der Waals surface area contributed by atoms with Gasteiger partial charge in [-0.1, -0.05) is 18.2 Å². The van der Waals surface area contributed by atoms with Crippen LogP contribution in [0.4, 0.5) is 13.2 Å². The molecule has 3 aromatic rings. The number of carboxylic acid groups (broad SMARTS) is 1. The molecule has 0 saturated heterocycles. The molecule has 2 N–H and O–H groups in total. The lowest BCUT2D eigenvalue weighted by molar-refractivity contribution is -0.139. The smallest absolute Gasteiger partial charge is 0.480 e. The highest BCUT2D eigenvalue weighted by Gasteiger charge is 2.48. The molecule has 0 unspecified atom stereocenters. The van der Waals surface area contributed by atoms with Crippen LogP contribution in [0.1, 0.15) is 17.2 Å². The highest BCUT2D eigenvalue weighted by Crippen LogP contribution is 2.28. The summed E-state index contributed by atoms with van der Waals surface area (Å²) in [6.07, 6.45) is 0. The first-order valence-electron chi connectivity index (χ1n) is 8.57. The van der Waals surface area contributed by atoms with Gasteiger partial charge >= 0.3 is 21.6 Å². The van der Waals surface area contributed by atoms with Crippen LogP contribution in [0.5, 0.6) is 5.75 Å². The number of benzene rings is 2. The lowest BCUT2D eigenvalue weighted by atomic mass is 10.1. The molecule has 1 heterocycles. The molecule has 14 heteroatoms. The van der Waals surface area contributed by atoms with Crippen molar-refractivity contribution in [1.82, 2.24) is 4.72 Å². The molecule has 0 spiro atoms. The van der Waals surface area contributed by atoms with Gasteiger partial charge in [-0.05, 0) is 52.2 Å². The van der Waals surface area contributed by atoms with Gasteiger partial charge in [-0.2, -0.15) is 26.3 Å². The molecule has 0 bridgehead atoms. The van der Waals surface area contributed by atoms with E-state index in [0.29, 0.717) is 5.56 Å². The number of nitrogens with one attached hydrogen (secondary N) is 1. The predicted molar refractivity (Wildman–Crippen MR) is 110 cm³/mol. The first-order chi connectivity index (χ1) is 14.8. The number of thiophene rings is 1. The maximum absolute atomic E-state index is 12.5. The summed E-state index contributed by atoms with van der Waals surface area (Å²) in [6.45, 7) is 0. The number of hydrogen-bond donors (Lipinski definition) is 2. The van der Waals surface area contributed by atoms with Gasteiger partial charge in [0.05, 0.1) is 5.75 Å². The molecule has 0 aliphatic carbocycles. The second-order valence-corrected chi connectivity index (χ2v) is 10.7. The van der Waals surface area contributed by atoms with Gasteiger partial charge in [-0.15, -0.1) is 11.3 Å². The van der Waals surface area contributed by atoms with Gasteiger partial charge in [0.25, 0.3) is 0 Å². The van der Waals surface area contributed by atoms with Gasteiger partial charge in [0.1, 0.15) is 11.8 Å². The molecule has 0 aliphatic rings. The van der Waals surface area contributed by atoms with Gasteiger partial charge < -0.3 is 9.29 Å². The molecule has 1 aromatic heterocycles. The fourth-order valence-corrected chi connectivity index (χ4v) is 5.22. The normalized spacial score (nSPS) is 13.7. The number of halogens is 3. The molecule has 2 aromatic carbocycles. The summed E-state index contributed by atoms with van der Waals surface area (Å²) in [4.78, 5) is 11.6. The van der Waals surface area contributed by atoms with Crippen LogP contribution in [0.25, 0.3) is 10.1 Å². The third kappa shape index (κ3) is 5.56. The molecule has 0 fully saturated rings. The average molecular weight is 510 g/mol. The summed E-state index contributed by atoms with van der Waals surface area (Å²) in [7, 11) is -10.0. The minimum Gasteiger partial charge on any atom is -0.480 e. The molecule has 32 heavy (non-hydrogen) atoms. The Labute approximate surface area is 184 Å². The summed E-state index contributed by atoms with van der Waals surface area (Å²) in [5.41, 5.74) is -5.36. The molecule has 0 saturated carbocycles. The number of carboxylic acids is 1. The Hall–Kier alpha value is -2.68. The largest absolute Gasteiger partial charge is 0.534 e. The average Bonchev–Trinajstić information content (AvgIpc) is 3.13. The lowest BCUT2D eigenvalue weighted by Crippen LogP contribution is -2.34. The Morgan fingerprint density at radius 1 is 1.06 bits per heavy atom. The van der Waals surface area contributed by atoms with Crippen molar-refractivity contribution in [3.8, 4) is 5.75 Å². The first-order valence-corrected chi connectivity index (χ1v) is 12.5. The van der Waals surface area contributed by atoms with E-state index in [0.717, 1.165) is 34.4 Å². The minimum absolute atomic E-state index is 0.147. The number of fused-ring (bicyclic) bond motifs is 1. The van der Waals surface area contributed by atoms with Gasteiger partial charge in [0, 0.05) is 4.70 Å². The number of rotatable bonds is 8. The van der Waals surface area contributed by atoms with Crippen molar-refractivity contribution >= 4 is 47.5 Å². The summed E-state index contributed by atoms with van der Waals surface area (Å²) in [6, 6.07) is 8.51. The number of carbonyl (C=O) groups is 1. The Morgan fingerprint density at radius 3 is 2.31 bits per heavy atom. The maximum Gasteiger partial charge on any atom is 0.534 e. The molecule has 0 aliphatic heterocycles. The van der Waals surface area contributed by atoms with Gasteiger partial charge in [0.15, 0.2) is 0 Å². The number of alkyl halides is 3. The number of hydrogen-bond acceptors (Lipinski definition) is 7. The van der Waals surface area contributed by atoms with E-state index in [9.17, 15) is 39.9 Å². The summed E-state index contributed by atoms with van der Waals surface area (Å²) in [5.74, 6) is -2.80. The second-order valence-electron chi connectivity index (χ2n) is 6.49. The van der Waals surface area contributed by atoms with Crippen molar-refractivity contribution < 1.29 is 44.1 Å². The van der Waals surface area contributed by atoms with Crippen LogP contribution in [0, 0.1) is 0 Å². The lowest BCUT2D eigenvalue weighted by Gasteiger charge is -2.16. The Balaban J connectivity index is 1.78.